The van der Waals surface area contributed by atoms with Gasteiger partial charge in [0.2, 0.25) is 0 Å². The molecular weight excluding hydrogens is 369 g/mol. The standard InChI is InChI=1S/C14H10F9NO/c1-10(25,9-4-2-8(6-24)3-5-9)7-11(15,16)12(17,18)13(19,20)14(21,22)23/h2-5,25H,7H2,1H3. The Bertz CT molecular complexity index is 656. The summed E-state index contributed by atoms with van der Waals surface area (Å²) in [6.07, 6.45) is -9.33. The molecule has 11 heteroatoms. The van der Waals surface area contributed by atoms with Crippen LogP contribution in [0.15, 0.2) is 24.3 Å². The largest absolute Gasteiger partial charge is 0.460 e. The van der Waals surface area contributed by atoms with Gasteiger partial charge >= 0.3 is 23.9 Å². The van der Waals surface area contributed by atoms with Crippen LogP contribution in [0, 0.1) is 11.3 Å². The van der Waals surface area contributed by atoms with Crippen molar-refractivity contribution in [2.75, 3.05) is 0 Å². The number of alkyl halides is 9. The number of nitriles is 1. The molecule has 0 heterocycles. The van der Waals surface area contributed by atoms with Crippen LogP contribution in [0.3, 0.4) is 0 Å². The summed E-state index contributed by atoms with van der Waals surface area (Å²) in [5, 5.41) is 18.5. The van der Waals surface area contributed by atoms with E-state index in [2.05, 4.69) is 0 Å². The molecule has 140 valence electrons. The van der Waals surface area contributed by atoms with Crippen LogP contribution < -0.4 is 0 Å². The van der Waals surface area contributed by atoms with Crippen molar-refractivity contribution in [1.82, 2.24) is 0 Å². The lowest BCUT2D eigenvalue weighted by atomic mass is 9.86. The minimum atomic E-state index is -7.01. The Morgan fingerprint density at radius 2 is 1.32 bits per heavy atom. The van der Waals surface area contributed by atoms with E-state index >= 15 is 0 Å². The molecule has 1 aromatic rings. The Hall–Kier alpha value is -1.96. The fraction of sp³-hybridized carbons (Fsp3) is 0.500. The predicted octanol–water partition coefficient (Wildman–Crippen LogP) is 4.62. The number of hydrogen-bond donors (Lipinski definition) is 1. The van der Waals surface area contributed by atoms with Crippen molar-refractivity contribution in [2.45, 2.75) is 42.9 Å². The number of benzene rings is 1. The van der Waals surface area contributed by atoms with E-state index in [9.17, 15) is 44.6 Å². The summed E-state index contributed by atoms with van der Waals surface area (Å²) in [6, 6.07) is 5.44. The van der Waals surface area contributed by atoms with Gasteiger partial charge in [-0.1, -0.05) is 12.1 Å². The minimum Gasteiger partial charge on any atom is -0.385 e. The molecule has 0 aliphatic carbocycles. The molecule has 0 radical (unpaired) electrons. The number of nitrogens with zero attached hydrogens (tertiary/aromatic N) is 1. The topological polar surface area (TPSA) is 44.0 Å². The summed E-state index contributed by atoms with van der Waals surface area (Å²) in [6.45, 7) is 0.546. The van der Waals surface area contributed by atoms with Crippen LogP contribution in [-0.4, -0.2) is 29.1 Å². The second-order valence-electron chi connectivity index (χ2n) is 5.49. The molecule has 0 aromatic heterocycles. The van der Waals surface area contributed by atoms with Crippen LogP contribution in [-0.2, 0) is 5.60 Å². The SMILES string of the molecule is CC(O)(CC(F)(F)C(F)(F)C(F)(F)C(F)(F)F)c1ccc(C#N)cc1. The summed E-state index contributed by atoms with van der Waals surface area (Å²) < 4.78 is 115. The van der Waals surface area contributed by atoms with Crippen molar-refractivity contribution in [2.24, 2.45) is 0 Å². The first-order valence-electron chi connectivity index (χ1n) is 6.43. The molecule has 0 spiro atoms. The lowest BCUT2D eigenvalue weighted by molar-refractivity contribution is -0.400. The van der Waals surface area contributed by atoms with Gasteiger partial charge in [0.05, 0.1) is 23.7 Å². The average Bonchev–Trinajstić information content (AvgIpc) is 2.44. The van der Waals surface area contributed by atoms with Gasteiger partial charge < -0.3 is 5.11 Å². The lowest BCUT2D eigenvalue weighted by Gasteiger charge is -2.37. The first-order valence-corrected chi connectivity index (χ1v) is 6.43. The van der Waals surface area contributed by atoms with Gasteiger partial charge in [-0.05, 0) is 24.6 Å². The number of rotatable bonds is 5. The summed E-state index contributed by atoms with van der Waals surface area (Å²) in [5.41, 5.74) is -3.33. The molecule has 1 rings (SSSR count). The van der Waals surface area contributed by atoms with Crippen molar-refractivity contribution in [3.05, 3.63) is 35.4 Å². The fourth-order valence-electron chi connectivity index (χ4n) is 1.96. The Morgan fingerprint density at radius 3 is 1.68 bits per heavy atom. The van der Waals surface area contributed by atoms with Crippen molar-refractivity contribution in [3.8, 4) is 6.07 Å². The van der Waals surface area contributed by atoms with Crippen molar-refractivity contribution < 1.29 is 44.6 Å². The maximum atomic E-state index is 13.6. The smallest absolute Gasteiger partial charge is 0.385 e. The van der Waals surface area contributed by atoms with Gasteiger partial charge in [0, 0.05) is 0 Å². The zero-order chi connectivity index (χ0) is 19.9. The third-order valence-corrected chi connectivity index (χ3v) is 3.41. The molecule has 1 aromatic carbocycles. The molecule has 0 amide bonds. The molecule has 0 bridgehead atoms. The Morgan fingerprint density at radius 1 is 0.880 bits per heavy atom. The second-order valence-corrected chi connectivity index (χ2v) is 5.49. The van der Waals surface area contributed by atoms with Crippen molar-refractivity contribution in [3.63, 3.8) is 0 Å². The highest BCUT2D eigenvalue weighted by Crippen LogP contribution is 2.55. The Balaban J connectivity index is 3.22. The first-order chi connectivity index (χ1) is 11.0. The van der Waals surface area contributed by atoms with Gasteiger partial charge in [-0.15, -0.1) is 0 Å². The van der Waals surface area contributed by atoms with Gasteiger partial charge in [-0.25, -0.2) is 0 Å². The third kappa shape index (κ3) is 3.68. The highest BCUT2D eigenvalue weighted by molar-refractivity contribution is 5.34. The van der Waals surface area contributed by atoms with Crippen molar-refractivity contribution >= 4 is 0 Å². The minimum absolute atomic E-state index is 0.0141. The van der Waals surface area contributed by atoms with E-state index in [1.807, 2.05) is 0 Å². The molecule has 0 saturated heterocycles. The van der Waals surface area contributed by atoms with Gasteiger partial charge in [-0.3, -0.25) is 0 Å². The van der Waals surface area contributed by atoms with Crippen LogP contribution in [0.5, 0.6) is 0 Å². The maximum absolute atomic E-state index is 13.6. The molecule has 0 saturated carbocycles. The summed E-state index contributed by atoms with van der Waals surface area (Å²) in [4.78, 5) is 0. The van der Waals surface area contributed by atoms with Gasteiger partial charge in [0.1, 0.15) is 0 Å². The summed E-state index contributed by atoms with van der Waals surface area (Å²) in [7, 11) is 0. The zero-order valence-electron chi connectivity index (χ0n) is 12.3. The lowest BCUT2D eigenvalue weighted by Crippen LogP contribution is -2.62. The van der Waals surface area contributed by atoms with E-state index in [0.717, 1.165) is 24.3 Å². The van der Waals surface area contributed by atoms with E-state index in [4.69, 9.17) is 5.26 Å². The van der Waals surface area contributed by atoms with Crippen LogP contribution >= 0.6 is 0 Å². The first kappa shape index (κ1) is 21.1. The van der Waals surface area contributed by atoms with Crippen LogP contribution in [0.4, 0.5) is 39.5 Å². The van der Waals surface area contributed by atoms with Crippen molar-refractivity contribution in [1.29, 1.82) is 5.26 Å². The van der Waals surface area contributed by atoms with Gasteiger partial charge in [-0.2, -0.15) is 44.8 Å². The van der Waals surface area contributed by atoms with Crippen LogP contribution in [0.1, 0.15) is 24.5 Å². The van der Waals surface area contributed by atoms with Crippen LogP contribution in [0.25, 0.3) is 0 Å². The molecule has 0 aliphatic heterocycles. The van der Waals surface area contributed by atoms with Gasteiger partial charge in [0.25, 0.3) is 0 Å². The van der Waals surface area contributed by atoms with Gasteiger partial charge in [0.15, 0.2) is 0 Å². The highest BCUT2D eigenvalue weighted by atomic mass is 19.4. The number of hydrogen-bond acceptors (Lipinski definition) is 2. The quantitative estimate of drug-likeness (QED) is 0.759. The predicted molar refractivity (Wildman–Crippen MR) is 66.2 cm³/mol. The Kier molecular flexibility index (Phi) is 5.13. The molecule has 1 atom stereocenters. The molecule has 2 nitrogen and oxygen atoms in total. The fourth-order valence-corrected chi connectivity index (χ4v) is 1.96. The molecule has 25 heavy (non-hydrogen) atoms. The third-order valence-electron chi connectivity index (χ3n) is 3.41. The molecule has 1 N–H and O–H groups in total. The molecule has 0 fully saturated rings. The number of halogens is 9. The molecule has 1 unspecified atom stereocenters. The molecule has 0 aliphatic rings. The maximum Gasteiger partial charge on any atom is 0.460 e. The summed E-state index contributed by atoms with van der Waals surface area (Å²) in [5.74, 6) is -19.7. The monoisotopic (exact) mass is 379 g/mol. The number of aliphatic hydroxyl groups is 1. The highest BCUT2D eigenvalue weighted by Gasteiger charge is 2.81. The average molecular weight is 379 g/mol. The van der Waals surface area contributed by atoms with E-state index in [1.54, 1.807) is 6.07 Å². The normalized spacial score (nSPS) is 16.2. The van der Waals surface area contributed by atoms with Crippen LogP contribution in [0.2, 0.25) is 0 Å². The second kappa shape index (κ2) is 6.09. The molecular formula is C14H10F9NO. The van der Waals surface area contributed by atoms with E-state index in [1.165, 1.54) is 0 Å². The van der Waals surface area contributed by atoms with E-state index < -0.39 is 41.5 Å². The van der Waals surface area contributed by atoms with E-state index in [-0.39, 0.29) is 5.56 Å². The summed E-state index contributed by atoms with van der Waals surface area (Å²) >= 11 is 0. The zero-order valence-corrected chi connectivity index (χ0v) is 12.3. The van der Waals surface area contributed by atoms with E-state index in [0.29, 0.717) is 6.92 Å². The Labute approximate surface area is 135 Å².